The predicted octanol–water partition coefficient (Wildman–Crippen LogP) is 2.32. The second-order valence-corrected chi connectivity index (χ2v) is 7.76. The number of rotatable bonds is 5. The number of nitrogens with zero attached hydrogens (tertiary/aromatic N) is 2. The summed E-state index contributed by atoms with van der Waals surface area (Å²) in [6.45, 7) is 0.614. The predicted molar refractivity (Wildman–Crippen MR) is 104 cm³/mol. The van der Waals surface area contributed by atoms with Gasteiger partial charge in [-0.1, -0.05) is 0 Å². The average Bonchev–Trinajstić information content (AvgIpc) is 3.03. The molecule has 1 aliphatic heterocycles. The summed E-state index contributed by atoms with van der Waals surface area (Å²) in [5.74, 6) is 3.03. The van der Waals surface area contributed by atoms with Crippen molar-refractivity contribution in [2.75, 3.05) is 24.8 Å². The van der Waals surface area contributed by atoms with Crippen LogP contribution in [0.25, 0.3) is 11.0 Å². The number of imidazole rings is 1. The Kier molecular flexibility index (Phi) is 4.81. The first-order valence-electron chi connectivity index (χ1n) is 8.53. The molecule has 1 aromatic heterocycles. The molecular formula is C19H19N3O4S. The normalized spacial score (nSPS) is 16.0. The molecular weight excluding hydrogens is 366 g/mol. The Balaban J connectivity index is 1.41. The SMILES string of the molecule is COc1ccc(OCC(=O)Nc2ccc3c(c2)nc2n3CCS(=O)C2)cc1. The van der Waals surface area contributed by atoms with Crippen LogP contribution in [0.1, 0.15) is 5.82 Å². The lowest BCUT2D eigenvalue weighted by Gasteiger charge is -2.13. The van der Waals surface area contributed by atoms with E-state index in [-0.39, 0.29) is 12.5 Å². The number of anilines is 1. The van der Waals surface area contributed by atoms with Crippen LogP contribution in [0.4, 0.5) is 5.69 Å². The van der Waals surface area contributed by atoms with Gasteiger partial charge in [-0.05, 0) is 42.5 Å². The fourth-order valence-electron chi connectivity index (χ4n) is 3.04. The van der Waals surface area contributed by atoms with Crippen molar-refractivity contribution in [3.63, 3.8) is 0 Å². The van der Waals surface area contributed by atoms with Gasteiger partial charge in [-0.15, -0.1) is 0 Å². The first kappa shape index (κ1) is 17.5. The van der Waals surface area contributed by atoms with E-state index >= 15 is 0 Å². The molecule has 1 aliphatic rings. The van der Waals surface area contributed by atoms with Crippen molar-refractivity contribution in [3.8, 4) is 11.5 Å². The maximum Gasteiger partial charge on any atom is 0.262 e. The molecule has 0 bridgehead atoms. The maximum absolute atomic E-state index is 12.2. The first-order chi connectivity index (χ1) is 13.1. The minimum Gasteiger partial charge on any atom is -0.497 e. The van der Waals surface area contributed by atoms with E-state index < -0.39 is 10.8 Å². The average molecular weight is 385 g/mol. The Morgan fingerprint density at radius 3 is 2.78 bits per heavy atom. The molecule has 27 heavy (non-hydrogen) atoms. The maximum atomic E-state index is 12.2. The van der Waals surface area contributed by atoms with Gasteiger partial charge in [-0.25, -0.2) is 4.98 Å². The van der Waals surface area contributed by atoms with Crippen LogP contribution in [-0.4, -0.2) is 39.1 Å². The molecule has 0 saturated heterocycles. The highest BCUT2D eigenvalue weighted by Gasteiger charge is 2.19. The largest absolute Gasteiger partial charge is 0.497 e. The fraction of sp³-hybridized carbons (Fsp3) is 0.263. The van der Waals surface area contributed by atoms with E-state index in [0.717, 1.165) is 22.6 Å². The van der Waals surface area contributed by atoms with Gasteiger partial charge in [0.25, 0.3) is 5.91 Å². The minimum atomic E-state index is -0.843. The molecule has 1 atom stereocenters. The lowest BCUT2D eigenvalue weighted by atomic mass is 10.2. The van der Waals surface area contributed by atoms with Gasteiger partial charge in [0.05, 0.1) is 23.9 Å². The third-order valence-corrected chi connectivity index (χ3v) is 5.59. The van der Waals surface area contributed by atoms with Crippen molar-refractivity contribution in [1.29, 1.82) is 0 Å². The summed E-state index contributed by atoms with van der Waals surface area (Å²) < 4.78 is 24.4. The summed E-state index contributed by atoms with van der Waals surface area (Å²) in [5, 5.41) is 2.82. The van der Waals surface area contributed by atoms with Crippen LogP contribution in [0.5, 0.6) is 11.5 Å². The first-order valence-corrected chi connectivity index (χ1v) is 10.0. The molecule has 0 fully saturated rings. The van der Waals surface area contributed by atoms with Crippen molar-refractivity contribution in [1.82, 2.24) is 9.55 Å². The molecule has 2 heterocycles. The molecule has 0 spiro atoms. The van der Waals surface area contributed by atoms with Gasteiger partial charge >= 0.3 is 0 Å². The van der Waals surface area contributed by atoms with Gasteiger partial charge in [0.1, 0.15) is 17.3 Å². The van der Waals surface area contributed by atoms with E-state index in [2.05, 4.69) is 14.9 Å². The Hall–Kier alpha value is -2.87. The Morgan fingerprint density at radius 1 is 1.22 bits per heavy atom. The van der Waals surface area contributed by atoms with Crippen molar-refractivity contribution in [3.05, 3.63) is 48.3 Å². The molecule has 2 aromatic carbocycles. The summed E-state index contributed by atoms with van der Waals surface area (Å²) in [4.78, 5) is 16.7. The molecule has 1 unspecified atom stereocenters. The van der Waals surface area contributed by atoms with Gasteiger partial charge in [-0.3, -0.25) is 9.00 Å². The second-order valence-electron chi connectivity index (χ2n) is 6.18. The molecule has 8 heteroatoms. The summed E-state index contributed by atoms with van der Waals surface area (Å²) in [5.41, 5.74) is 2.44. The standard InChI is InChI=1S/C19H19N3O4S/c1-25-14-3-5-15(6-4-14)26-11-19(23)20-13-2-7-17-16(10-13)21-18-12-27(24)9-8-22(17)18/h2-7,10H,8-9,11-12H2,1H3,(H,20,23). The van der Waals surface area contributed by atoms with Crippen LogP contribution in [0.3, 0.4) is 0 Å². The number of methoxy groups -OCH3 is 1. The third kappa shape index (κ3) is 3.80. The van der Waals surface area contributed by atoms with Crippen LogP contribution in [0.2, 0.25) is 0 Å². The highest BCUT2D eigenvalue weighted by atomic mass is 32.2. The van der Waals surface area contributed by atoms with Crippen LogP contribution in [0, 0.1) is 0 Å². The fourth-order valence-corrected chi connectivity index (χ4v) is 4.08. The third-order valence-electron chi connectivity index (χ3n) is 4.37. The van der Waals surface area contributed by atoms with E-state index in [1.54, 1.807) is 31.4 Å². The van der Waals surface area contributed by atoms with E-state index in [1.807, 2.05) is 18.2 Å². The van der Waals surface area contributed by atoms with E-state index in [4.69, 9.17) is 9.47 Å². The van der Waals surface area contributed by atoms with Gasteiger partial charge in [0.2, 0.25) is 0 Å². The molecule has 4 rings (SSSR count). The number of carbonyl (C=O) groups excluding carboxylic acids is 1. The van der Waals surface area contributed by atoms with Crippen LogP contribution in [0.15, 0.2) is 42.5 Å². The van der Waals surface area contributed by atoms with Gasteiger partial charge in [0.15, 0.2) is 6.61 Å². The Bertz CT molecular complexity index is 1010. The molecule has 1 N–H and O–H groups in total. The molecule has 7 nitrogen and oxygen atoms in total. The van der Waals surface area contributed by atoms with Gasteiger partial charge in [-0.2, -0.15) is 0 Å². The molecule has 140 valence electrons. The molecule has 1 amide bonds. The number of benzene rings is 2. The number of carbonyl (C=O) groups is 1. The molecule has 3 aromatic rings. The molecule has 0 radical (unpaired) electrons. The van der Waals surface area contributed by atoms with Crippen LogP contribution < -0.4 is 14.8 Å². The smallest absolute Gasteiger partial charge is 0.262 e. The number of fused-ring (bicyclic) bond motifs is 3. The topological polar surface area (TPSA) is 82.4 Å². The lowest BCUT2D eigenvalue weighted by molar-refractivity contribution is -0.118. The zero-order valence-corrected chi connectivity index (χ0v) is 15.6. The summed E-state index contributed by atoms with van der Waals surface area (Å²) >= 11 is 0. The van der Waals surface area contributed by atoms with Gasteiger partial charge < -0.3 is 19.4 Å². The van der Waals surface area contributed by atoms with Crippen molar-refractivity contribution in [2.45, 2.75) is 12.3 Å². The van der Waals surface area contributed by atoms with E-state index in [0.29, 0.717) is 29.5 Å². The number of hydrogen-bond acceptors (Lipinski definition) is 5. The Morgan fingerprint density at radius 2 is 2.00 bits per heavy atom. The number of nitrogens with one attached hydrogen (secondary N) is 1. The highest BCUT2D eigenvalue weighted by molar-refractivity contribution is 7.84. The monoisotopic (exact) mass is 385 g/mol. The zero-order chi connectivity index (χ0) is 18.8. The summed E-state index contributed by atoms with van der Waals surface area (Å²) in [6.07, 6.45) is 0. The van der Waals surface area contributed by atoms with Crippen LogP contribution >= 0.6 is 0 Å². The zero-order valence-electron chi connectivity index (χ0n) is 14.8. The number of amides is 1. The number of ether oxygens (including phenoxy) is 2. The van der Waals surface area contributed by atoms with E-state index in [1.165, 1.54) is 0 Å². The minimum absolute atomic E-state index is 0.0942. The van der Waals surface area contributed by atoms with E-state index in [9.17, 15) is 9.00 Å². The number of aryl methyl sites for hydroxylation is 1. The number of aromatic nitrogens is 2. The second kappa shape index (κ2) is 7.40. The lowest BCUT2D eigenvalue weighted by Crippen LogP contribution is -2.20. The van der Waals surface area contributed by atoms with Crippen LogP contribution in [-0.2, 0) is 27.9 Å². The number of hydrogen-bond donors (Lipinski definition) is 1. The van der Waals surface area contributed by atoms with Crippen molar-refractivity contribution < 1.29 is 18.5 Å². The van der Waals surface area contributed by atoms with Crippen molar-refractivity contribution >= 4 is 33.4 Å². The quantitative estimate of drug-likeness (QED) is 0.729. The summed E-state index contributed by atoms with van der Waals surface area (Å²) in [6, 6.07) is 12.6. The highest BCUT2D eigenvalue weighted by Crippen LogP contribution is 2.24. The molecule has 0 aliphatic carbocycles. The molecule has 0 saturated carbocycles. The Labute approximate surface area is 158 Å². The van der Waals surface area contributed by atoms with Crippen molar-refractivity contribution in [2.24, 2.45) is 0 Å². The summed E-state index contributed by atoms with van der Waals surface area (Å²) in [7, 11) is 0.750. The van der Waals surface area contributed by atoms with Gasteiger partial charge in [0, 0.05) is 28.8 Å².